The summed E-state index contributed by atoms with van der Waals surface area (Å²) >= 11 is 0. The molecule has 2 N–H and O–H groups in total. The van der Waals surface area contributed by atoms with Gasteiger partial charge in [-0.3, -0.25) is 0 Å². The van der Waals surface area contributed by atoms with Gasteiger partial charge in [0.25, 0.3) is 0 Å². The summed E-state index contributed by atoms with van der Waals surface area (Å²) in [5.74, 6) is 1.68. The van der Waals surface area contributed by atoms with Crippen molar-refractivity contribution in [2.75, 3.05) is 5.32 Å². The number of hydrogen-bond acceptors (Lipinski definition) is 3. The molecule has 0 fully saturated rings. The number of nitrogens with one attached hydrogen (secondary N) is 2. The van der Waals surface area contributed by atoms with Crippen molar-refractivity contribution in [1.82, 2.24) is 15.0 Å². The van der Waals surface area contributed by atoms with Gasteiger partial charge in [-0.25, -0.2) is 9.97 Å². The monoisotopic (exact) mass is 354 g/mol. The van der Waals surface area contributed by atoms with E-state index in [1.807, 2.05) is 13.1 Å². The Morgan fingerprint density at radius 3 is 2.93 bits per heavy atom. The van der Waals surface area contributed by atoms with E-state index in [1.54, 1.807) is 0 Å². The molecule has 0 aliphatic heterocycles. The number of rotatable bonds is 3. The molecule has 4 heteroatoms. The summed E-state index contributed by atoms with van der Waals surface area (Å²) in [6.45, 7) is 1.96. The number of nitrogens with zero attached hydrogens (tertiary/aromatic N) is 2. The van der Waals surface area contributed by atoms with Gasteiger partial charge in [0.15, 0.2) is 0 Å². The van der Waals surface area contributed by atoms with Crippen molar-refractivity contribution in [3.63, 3.8) is 0 Å². The van der Waals surface area contributed by atoms with Gasteiger partial charge in [0.2, 0.25) is 0 Å². The molecule has 134 valence electrons. The summed E-state index contributed by atoms with van der Waals surface area (Å²) in [6, 6.07) is 19.6. The number of fused-ring (bicyclic) bond motifs is 2. The first-order chi connectivity index (χ1) is 13.3. The zero-order valence-corrected chi connectivity index (χ0v) is 15.4. The minimum absolute atomic E-state index is 0.308. The van der Waals surface area contributed by atoms with E-state index in [4.69, 9.17) is 0 Å². The first-order valence-electron chi connectivity index (χ1n) is 9.54. The Bertz CT molecular complexity index is 1110. The molecule has 1 aliphatic rings. The summed E-state index contributed by atoms with van der Waals surface area (Å²) in [6.07, 6.45) is 5.46. The highest BCUT2D eigenvalue weighted by atomic mass is 15.0. The lowest BCUT2D eigenvalue weighted by molar-refractivity contribution is 0.598. The van der Waals surface area contributed by atoms with Crippen LogP contribution in [-0.2, 0) is 6.42 Å². The van der Waals surface area contributed by atoms with Crippen LogP contribution in [0, 0.1) is 6.92 Å². The van der Waals surface area contributed by atoms with Crippen LogP contribution < -0.4 is 5.32 Å². The van der Waals surface area contributed by atoms with Crippen molar-refractivity contribution in [3.05, 3.63) is 77.7 Å². The highest BCUT2D eigenvalue weighted by Gasteiger charge is 2.20. The van der Waals surface area contributed by atoms with Crippen LogP contribution in [0.15, 0.2) is 60.8 Å². The fourth-order valence-electron chi connectivity index (χ4n) is 4.08. The molecule has 0 amide bonds. The molecule has 0 spiro atoms. The van der Waals surface area contributed by atoms with E-state index in [2.05, 4.69) is 74.9 Å². The largest absolute Gasteiger partial charge is 0.363 e. The van der Waals surface area contributed by atoms with Gasteiger partial charge in [0.1, 0.15) is 11.6 Å². The standard InChI is InChI=1S/C23H22N4/c1-15-25-22(18-10-9-17-11-12-24-21(17)13-18)14-23(26-15)27-20-8-4-6-16-5-2-3-7-19(16)20/h2-3,5,7,9-14,20,24H,4,6,8H2,1H3,(H,25,26,27). The Morgan fingerprint density at radius 1 is 1.04 bits per heavy atom. The molecule has 27 heavy (non-hydrogen) atoms. The summed E-state index contributed by atoms with van der Waals surface area (Å²) in [5, 5.41) is 4.87. The zero-order chi connectivity index (χ0) is 18.2. The van der Waals surface area contributed by atoms with Crippen LogP contribution >= 0.6 is 0 Å². The Morgan fingerprint density at radius 2 is 1.96 bits per heavy atom. The zero-order valence-electron chi connectivity index (χ0n) is 15.4. The van der Waals surface area contributed by atoms with Gasteiger partial charge in [-0.05, 0) is 54.8 Å². The van der Waals surface area contributed by atoms with Gasteiger partial charge in [-0.2, -0.15) is 0 Å². The highest BCUT2D eigenvalue weighted by Crippen LogP contribution is 2.33. The molecule has 5 rings (SSSR count). The molecule has 0 saturated carbocycles. The average molecular weight is 354 g/mol. The van der Waals surface area contributed by atoms with E-state index >= 15 is 0 Å². The van der Waals surface area contributed by atoms with Crippen molar-refractivity contribution in [1.29, 1.82) is 0 Å². The van der Waals surface area contributed by atoms with Crippen molar-refractivity contribution < 1.29 is 0 Å². The van der Waals surface area contributed by atoms with Gasteiger partial charge in [-0.1, -0.05) is 36.4 Å². The average Bonchev–Trinajstić information content (AvgIpc) is 3.16. The van der Waals surface area contributed by atoms with Crippen LogP contribution in [0.2, 0.25) is 0 Å². The Kier molecular flexibility index (Phi) is 3.89. The van der Waals surface area contributed by atoms with Crippen molar-refractivity contribution in [2.45, 2.75) is 32.2 Å². The smallest absolute Gasteiger partial charge is 0.130 e. The number of H-pyrrole nitrogens is 1. The quantitative estimate of drug-likeness (QED) is 0.516. The van der Waals surface area contributed by atoms with Crippen LogP contribution in [0.5, 0.6) is 0 Å². The van der Waals surface area contributed by atoms with E-state index in [1.165, 1.54) is 29.4 Å². The van der Waals surface area contributed by atoms with E-state index in [0.29, 0.717) is 6.04 Å². The molecule has 0 radical (unpaired) electrons. The molecule has 4 aromatic rings. The van der Waals surface area contributed by atoms with Crippen molar-refractivity contribution in [2.24, 2.45) is 0 Å². The molecule has 1 aliphatic carbocycles. The molecular formula is C23H22N4. The normalized spacial score (nSPS) is 16.3. The Hall–Kier alpha value is -3.14. The molecule has 2 aromatic heterocycles. The number of benzene rings is 2. The molecule has 1 unspecified atom stereocenters. The lowest BCUT2D eigenvalue weighted by Gasteiger charge is -2.27. The third-order valence-corrected chi connectivity index (χ3v) is 5.38. The predicted molar refractivity (Wildman–Crippen MR) is 110 cm³/mol. The number of aromatic nitrogens is 3. The first kappa shape index (κ1) is 16.1. The maximum Gasteiger partial charge on any atom is 0.130 e. The van der Waals surface area contributed by atoms with E-state index < -0.39 is 0 Å². The van der Waals surface area contributed by atoms with Gasteiger partial charge in [0.05, 0.1) is 11.7 Å². The number of aryl methyl sites for hydroxylation is 2. The van der Waals surface area contributed by atoms with E-state index in [9.17, 15) is 0 Å². The lowest BCUT2D eigenvalue weighted by atomic mass is 9.88. The van der Waals surface area contributed by atoms with Crippen molar-refractivity contribution >= 4 is 16.7 Å². The fourth-order valence-corrected chi connectivity index (χ4v) is 4.08. The Balaban J connectivity index is 1.49. The summed E-state index contributed by atoms with van der Waals surface area (Å²) < 4.78 is 0. The van der Waals surface area contributed by atoms with Crippen LogP contribution in [0.3, 0.4) is 0 Å². The topological polar surface area (TPSA) is 53.6 Å². The second-order valence-corrected chi connectivity index (χ2v) is 7.25. The van der Waals surface area contributed by atoms with Gasteiger partial charge in [-0.15, -0.1) is 0 Å². The molecule has 2 aromatic carbocycles. The maximum atomic E-state index is 4.67. The molecule has 2 heterocycles. The number of aromatic amines is 1. The Labute approximate surface area is 158 Å². The third kappa shape index (κ3) is 3.08. The maximum absolute atomic E-state index is 4.67. The molecule has 0 saturated heterocycles. The van der Waals surface area contributed by atoms with Crippen molar-refractivity contribution in [3.8, 4) is 11.3 Å². The fraction of sp³-hybridized carbons (Fsp3) is 0.217. The van der Waals surface area contributed by atoms with Crippen LogP contribution in [0.1, 0.15) is 35.8 Å². The van der Waals surface area contributed by atoms with Gasteiger partial charge < -0.3 is 10.3 Å². The van der Waals surface area contributed by atoms with E-state index in [-0.39, 0.29) is 0 Å². The minimum atomic E-state index is 0.308. The number of hydrogen-bond donors (Lipinski definition) is 2. The molecule has 0 bridgehead atoms. The minimum Gasteiger partial charge on any atom is -0.363 e. The summed E-state index contributed by atoms with van der Waals surface area (Å²) in [4.78, 5) is 12.6. The SMILES string of the molecule is Cc1nc(NC2CCCc3ccccc32)cc(-c2ccc3cc[nH]c3c2)n1. The van der Waals surface area contributed by atoms with Crippen LogP contribution in [0.25, 0.3) is 22.2 Å². The van der Waals surface area contributed by atoms with Crippen LogP contribution in [0.4, 0.5) is 5.82 Å². The second-order valence-electron chi connectivity index (χ2n) is 7.25. The first-order valence-corrected chi connectivity index (χ1v) is 9.54. The highest BCUT2D eigenvalue weighted by molar-refractivity contribution is 5.84. The third-order valence-electron chi connectivity index (χ3n) is 5.38. The summed E-state index contributed by atoms with van der Waals surface area (Å²) in [5.41, 5.74) is 6.02. The predicted octanol–water partition coefficient (Wildman–Crippen LogP) is 5.42. The van der Waals surface area contributed by atoms with E-state index in [0.717, 1.165) is 34.8 Å². The van der Waals surface area contributed by atoms with Crippen LogP contribution in [-0.4, -0.2) is 15.0 Å². The van der Waals surface area contributed by atoms with Gasteiger partial charge in [0, 0.05) is 23.3 Å². The second kappa shape index (κ2) is 6.54. The number of anilines is 1. The lowest BCUT2D eigenvalue weighted by Crippen LogP contribution is -2.18. The molecule has 1 atom stereocenters. The molecule has 4 nitrogen and oxygen atoms in total. The summed E-state index contributed by atoms with van der Waals surface area (Å²) in [7, 11) is 0. The molecular weight excluding hydrogens is 332 g/mol. The van der Waals surface area contributed by atoms with Gasteiger partial charge >= 0.3 is 0 Å².